The number of allylic oxidation sites excluding steroid dienone is 18. The van der Waals surface area contributed by atoms with Crippen LogP contribution in [0.25, 0.3) is 0 Å². The molecule has 1 atom stereocenters. The minimum atomic E-state index is -0.809. The minimum Gasteiger partial charge on any atom is -0.462 e. The number of carbonyl (C=O) groups excluding carboxylic acids is 3. The van der Waals surface area contributed by atoms with Crippen LogP contribution in [0.1, 0.15) is 297 Å². The molecule has 6 nitrogen and oxygen atoms in total. The topological polar surface area (TPSA) is 78.9 Å². The van der Waals surface area contributed by atoms with Crippen molar-refractivity contribution in [2.75, 3.05) is 13.2 Å². The number of esters is 3. The van der Waals surface area contributed by atoms with Crippen molar-refractivity contribution in [1.29, 1.82) is 0 Å². The highest BCUT2D eigenvalue weighted by atomic mass is 16.6. The maximum Gasteiger partial charge on any atom is 0.306 e. The van der Waals surface area contributed by atoms with Crippen molar-refractivity contribution in [3.05, 3.63) is 109 Å². The Kier molecular flexibility index (Phi) is 60.3. The van der Waals surface area contributed by atoms with Gasteiger partial charge in [0.1, 0.15) is 13.2 Å². The van der Waals surface area contributed by atoms with Crippen LogP contribution in [0.3, 0.4) is 0 Å². The van der Waals surface area contributed by atoms with E-state index in [-0.39, 0.29) is 37.5 Å². The summed E-state index contributed by atoms with van der Waals surface area (Å²) in [5, 5.41) is 0. The van der Waals surface area contributed by atoms with E-state index in [1.807, 2.05) is 0 Å². The Morgan fingerprint density at radius 1 is 0.276 bits per heavy atom. The number of carbonyl (C=O) groups is 3. The zero-order valence-electron chi connectivity index (χ0n) is 49.7. The van der Waals surface area contributed by atoms with E-state index in [4.69, 9.17) is 14.2 Å². The van der Waals surface area contributed by atoms with Crippen molar-refractivity contribution in [2.24, 2.45) is 0 Å². The van der Waals surface area contributed by atoms with E-state index in [0.29, 0.717) is 19.3 Å². The van der Waals surface area contributed by atoms with Gasteiger partial charge in [-0.3, -0.25) is 14.4 Å². The monoisotopic (exact) mass is 1050 g/mol. The van der Waals surface area contributed by atoms with Gasteiger partial charge in [0, 0.05) is 19.3 Å². The number of ether oxygens (including phenoxy) is 3. The quantitative estimate of drug-likeness (QED) is 0.0261. The van der Waals surface area contributed by atoms with Gasteiger partial charge in [0.2, 0.25) is 0 Å². The summed E-state index contributed by atoms with van der Waals surface area (Å²) in [6.45, 7) is 6.47. The van der Waals surface area contributed by atoms with Gasteiger partial charge in [0.05, 0.1) is 0 Å². The Bertz CT molecular complexity index is 1540. The van der Waals surface area contributed by atoms with Crippen LogP contribution in [-0.4, -0.2) is 37.2 Å². The first-order valence-corrected chi connectivity index (χ1v) is 31.9. The van der Waals surface area contributed by atoms with E-state index < -0.39 is 6.10 Å². The van der Waals surface area contributed by atoms with Crippen LogP contribution < -0.4 is 0 Å². The molecule has 0 aliphatic carbocycles. The maximum absolute atomic E-state index is 12.9. The molecule has 6 heteroatoms. The molecule has 0 radical (unpaired) electrons. The van der Waals surface area contributed by atoms with Gasteiger partial charge < -0.3 is 14.2 Å². The molecular formula is C70H118O6. The molecule has 0 bridgehead atoms. The number of hydrogen-bond acceptors (Lipinski definition) is 6. The van der Waals surface area contributed by atoms with E-state index >= 15 is 0 Å². The van der Waals surface area contributed by atoms with Crippen molar-refractivity contribution >= 4 is 17.9 Å². The molecule has 0 aromatic heterocycles. The Hall–Kier alpha value is -3.93. The molecule has 434 valence electrons. The highest BCUT2D eigenvalue weighted by Crippen LogP contribution is 2.16. The smallest absolute Gasteiger partial charge is 0.306 e. The summed E-state index contributed by atoms with van der Waals surface area (Å²) >= 11 is 0. The second kappa shape index (κ2) is 63.6. The SMILES string of the molecule is CC/C=C\C/C=C\C/C=C\C/C=C\C/C=C\C/C=C\C/C=C\CCCC(=O)OC(COC(=O)CCCCCCCCCCCC)COC(=O)CCCCCCCCCCCCCCC/C=C\C/C=C\CCCCCCC. The molecule has 0 N–H and O–H groups in total. The van der Waals surface area contributed by atoms with E-state index in [1.54, 1.807) is 0 Å². The Labute approximate surface area is 470 Å². The molecule has 0 heterocycles. The van der Waals surface area contributed by atoms with Gasteiger partial charge in [0.25, 0.3) is 0 Å². The lowest BCUT2D eigenvalue weighted by Crippen LogP contribution is -2.30. The lowest BCUT2D eigenvalue weighted by Gasteiger charge is -2.18. The molecule has 0 saturated heterocycles. The van der Waals surface area contributed by atoms with Gasteiger partial charge in [-0.25, -0.2) is 0 Å². The van der Waals surface area contributed by atoms with Gasteiger partial charge >= 0.3 is 17.9 Å². The first-order chi connectivity index (χ1) is 37.5. The highest BCUT2D eigenvalue weighted by molar-refractivity contribution is 5.71. The number of rotatable bonds is 57. The summed E-state index contributed by atoms with van der Waals surface area (Å²) in [6.07, 6.45) is 86.8. The van der Waals surface area contributed by atoms with Crippen molar-refractivity contribution in [3.63, 3.8) is 0 Å². The molecule has 0 aliphatic heterocycles. The zero-order chi connectivity index (χ0) is 55.0. The Morgan fingerprint density at radius 3 is 0.842 bits per heavy atom. The second-order valence-electron chi connectivity index (χ2n) is 20.9. The van der Waals surface area contributed by atoms with E-state index in [2.05, 4.69) is 130 Å². The fraction of sp³-hybridized carbons (Fsp3) is 0.700. The standard InChI is InChI=1S/C70H118O6/c1-4-7-10-13-16-19-22-24-26-28-30-32-34-35-37-38-40-42-44-46-48-51-54-57-60-63-69(72)75-66-67(65-74-68(71)62-59-56-53-50-21-18-15-12-9-6-3)76-70(73)64-61-58-55-52-49-47-45-43-41-39-36-33-31-29-27-25-23-20-17-14-11-8-5-2/h8,11,17,20,22,24-25,27-28,30-31,33,39,41,45,47,52,55,67H,4-7,9-10,12-16,18-19,21,23,26,29,32,34-38,40,42-44,46,48-51,53-54,56-66H2,1-3H3/b11-8-,20-17-,24-22-,27-25-,30-28-,33-31-,41-39-,47-45-,55-52-. The van der Waals surface area contributed by atoms with Gasteiger partial charge in [-0.1, -0.05) is 284 Å². The summed E-state index contributed by atoms with van der Waals surface area (Å²) in [5.74, 6) is -0.956. The van der Waals surface area contributed by atoms with Crippen LogP contribution in [0.4, 0.5) is 0 Å². The first kappa shape index (κ1) is 72.1. The zero-order valence-corrected chi connectivity index (χ0v) is 49.7. The largest absolute Gasteiger partial charge is 0.462 e. The molecule has 0 aliphatic rings. The molecule has 0 spiro atoms. The minimum absolute atomic E-state index is 0.100. The van der Waals surface area contributed by atoms with Gasteiger partial charge in [-0.05, 0) is 103 Å². The predicted molar refractivity (Wildman–Crippen MR) is 330 cm³/mol. The molecular weight excluding hydrogens is 937 g/mol. The number of hydrogen-bond donors (Lipinski definition) is 0. The van der Waals surface area contributed by atoms with Crippen LogP contribution in [0.5, 0.6) is 0 Å². The fourth-order valence-corrected chi connectivity index (χ4v) is 8.76. The fourth-order valence-electron chi connectivity index (χ4n) is 8.76. The van der Waals surface area contributed by atoms with Crippen LogP contribution in [0.2, 0.25) is 0 Å². The molecule has 0 aromatic rings. The average Bonchev–Trinajstić information content (AvgIpc) is 3.42. The third-order valence-electron chi connectivity index (χ3n) is 13.5. The molecule has 0 fully saturated rings. The van der Waals surface area contributed by atoms with Gasteiger partial charge in [-0.2, -0.15) is 0 Å². The van der Waals surface area contributed by atoms with Gasteiger partial charge in [-0.15, -0.1) is 0 Å². The Morgan fingerprint density at radius 2 is 0.526 bits per heavy atom. The van der Waals surface area contributed by atoms with Crippen LogP contribution in [-0.2, 0) is 28.6 Å². The van der Waals surface area contributed by atoms with E-state index in [9.17, 15) is 14.4 Å². The average molecular weight is 1060 g/mol. The molecule has 76 heavy (non-hydrogen) atoms. The van der Waals surface area contributed by atoms with Crippen molar-refractivity contribution in [1.82, 2.24) is 0 Å². The third kappa shape index (κ3) is 60.9. The van der Waals surface area contributed by atoms with E-state index in [1.165, 1.54) is 154 Å². The van der Waals surface area contributed by atoms with Crippen LogP contribution >= 0.6 is 0 Å². The maximum atomic E-state index is 12.9. The second-order valence-corrected chi connectivity index (χ2v) is 20.9. The van der Waals surface area contributed by atoms with Crippen LogP contribution in [0.15, 0.2) is 109 Å². The van der Waals surface area contributed by atoms with Crippen molar-refractivity contribution in [2.45, 2.75) is 303 Å². The lowest BCUT2D eigenvalue weighted by atomic mass is 10.0. The van der Waals surface area contributed by atoms with Crippen LogP contribution in [0, 0.1) is 0 Å². The first-order valence-electron chi connectivity index (χ1n) is 31.9. The van der Waals surface area contributed by atoms with Crippen molar-refractivity contribution < 1.29 is 28.6 Å². The van der Waals surface area contributed by atoms with Gasteiger partial charge in [0.15, 0.2) is 6.10 Å². The summed E-state index contributed by atoms with van der Waals surface area (Å²) < 4.78 is 16.8. The summed E-state index contributed by atoms with van der Waals surface area (Å²) in [7, 11) is 0. The summed E-state index contributed by atoms with van der Waals surface area (Å²) in [6, 6.07) is 0. The number of unbranched alkanes of at least 4 members (excludes halogenated alkanes) is 28. The Balaban J connectivity index is 4.34. The lowest BCUT2D eigenvalue weighted by molar-refractivity contribution is -0.167. The summed E-state index contributed by atoms with van der Waals surface area (Å²) in [5.41, 5.74) is 0. The predicted octanol–water partition coefficient (Wildman–Crippen LogP) is 21.8. The molecule has 0 amide bonds. The normalized spacial score (nSPS) is 12.8. The summed E-state index contributed by atoms with van der Waals surface area (Å²) in [4.78, 5) is 38.2. The van der Waals surface area contributed by atoms with E-state index in [0.717, 1.165) is 96.3 Å². The molecule has 0 aromatic carbocycles. The van der Waals surface area contributed by atoms with Crippen molar-refractivity contribution in [3.8, 4) is 0 Å². The third-order valence-corrected chi connectivity index (χ3v) is 13.5. The molecule has 0 saturated carbocycles. The molecule has 0 rings (SSSR count). The highest BCUT2D eigenvalue weighted by Gasteiger charge is 2.19. The molecule has 1 unspecified atom stereocenters.